The van der Waals surface area contributed by atoms with Crippen molar-refractivity contribution in [2.45, 2.75) is 19.9 Å². The van der Waals surface area contributed by atoms with Crippen molar-refractivity contribution in [3.63, 3.8) is 0 Å². The number of halogens is 3. The number of nitrogens with one attached hydrogen (secondary N) is 1. The van der Waals surface area contributed by atoms with Crippen molar-refractivity contribution in [3.05, 3.63) is 56.5 Å². The van der Waals surface area contributed by atoms with Crippen molar-refractivity contribution in [1.82, 2.24) is 5.32 Å². The molecule has 1 unspecified atom stereocenters. The van der Waals surface area contributed by atoms with Gasteiger partial charge in [0.2, 0.25) is 0 Å². The zero-order valence-electron chi connectivity index (χ0n) is 11.8. The van der Waals surface area contributed by atoms with Crippen LogP contribution < -0.4 is 10.1 Å². The lowest BCUT2D eigenvalue weighted by Gasteiger charge is -2.15. The lowest BCUT2D eigenvalue weighted by atomic mass is 10.1. The summed E-state index contributed by atoms with van der Waals surface area (Å²) >= 11 is 15.8. The van der Waals surface area contributed by atoms with Crippen molar-refractivity contribution in [2.24, 2.45) is 0 Å². The standard InChI is InChI=1S/C16H16BrCl2NO/c1-3-20-10(2)11-4-7-15(14(19)8-11)21-16-9-12(17)5-6-13(16)18/h4-10,20H,3H2,1-2H3. The summed E-state index contributed by atoms with van der Waals surface area (Å²) < 4.78 is 6.70. The number of ether oxygens (including phenoxy) is 1. The minimum Gasteiger partial charge on any atom is -0.454 e. The molecule has 0 aromatic heterocycles. The molecule has 0 bridgehead atoms. The highest BCUT2D eigenvalue weighted by Crippen LogP contribution is 2.36. The van der Waals surface area contributed by atoms with E-state index in [0.717, 1.165) is 16.6 Å². The van der Waals surface area contributed by atoms with Crippen LogP contribution in [-0.2, 0) is 0 Å². The van der Waals surface area contributed by atoms with Gasteiger partial charge >= 0.3 is 0 Å². The molecule has 0 amide bonds. The molecule has 0 heterocycles. The van der Waals surface area contributed by atoms with Crippen LogP contribution in [-0.4, -0.2) is 6.54 Å². The summed E-state index contributed by atoms with van der Waals surface area (Å²) in [6.45, 7) is 5.08. The van der Waals surface area contributed by atoms with Crippen molar-refractivity contribution >= 4 is 39.1 Å². The lowest BCUT2D eigenvalue weighted by molar-refractivity contribution is 0.482. The fraction of sp³-hybridized carbons (Fsp3) is 0.250. The van der Waals surface area contributed by atoms with E-state index in [4.69, 9.17) is 27.9 Å². The molecule has 5 heteroatoms. The molecular weight excluding hydrogens is 373 g/mol. The van der Waals surface area contributed by atoms with E-state index in [2.05, 4.69) is 35.1 Å². The molecule has 2 rings (SSSR count). The fourth-order valence-corrected chi connectivity index (χ4v) is 2.69. The van der Waals surface area contributed by atoms with Crippen LogP contribution in [0.4, 0.5) is 0 Å². The molecule has 112 valence electrons. The van der Waals surface area contributed by atoms with E-state index in [1.807, 2.05) is 30.3 Å². The summed E-state index contributed by atoms with van der Waals surface area (Å²) in [5, 5.41) is 4.45. The third-order valence-electron chi connectivity index (χ3n) is 3.08. The van der Waals surface area contributed by atoms with Gasteiger partial charge in [-0.3, -0.25) is 0 Å². The summed E-state index contributed by atoms with van der Waals surface area (Å²) in [5.74, 6) is 1.16. The Balaban J connectivity index is 2.23. The molecule has 0 fully saturated rings. The molecule has 0 aliphatic rings. The molecular formula is C16H16BrCl2NO. The quantitative estimate of drug-likeness (QED) is 0.656. The topological polar surface area (TPSA) is 21.3 Å². The Morgan fingerprint density at radius 2 is 1.86 bits per heavy atom. The second-order valence-corrected chi connectivity index (χ2v) is 6.38. The van der Waals surface area contributed by atoms with Crippen LogP contribution in [0.15, 0.2) is 40.9 Å². The summed E-state index contributed by atoms with van der Waals surface area (Å²) in [4.78, 5) is 0. The molecule has 21 heavy (non-hydrogen) atoms. The van der Waals surface area contributed by atoms with Gasteiger partial charge in [0.25, 0.3) is 0 Å². The van der Waals surface area contributed by atoms with E-state index >= 15 is 0 Å². The molecule has 0 spiro atoms. The maximum atomic E-state index is 6.31. The minimum absolute atomic E-state index is 0.246. The predicted octanol–water partition coefficient (Wildman–Crippen LogP) is 6.22. The first kappa shape index (κ1) is 16.6. The van der Waals surface area contributed by atoms with Gasteiger partial charge in [0, 0.05) is 10.5 Å². The van der Waals surface area contributed by atoms with Gasteiger partial charge in [-0.1, -0.05) is 52.1 Å². The second kappa shape index (κ2) is 7.50. The third-order valence-corrected chi connectivity index (χ3v) is 4.18. The Morgan fingerprint density at radius 3 is 2.52 bits per heavy atom. The SMILES string of the molecule is CCNC(C)c1ccc(Oc2cc(Br)ccc2Cl)c(Cl)c1. The predicted molar refractivity (Wildman–Crippen MR) is 92.8 cm³/mol. The van der Waals surface area contributed by atoms with E-state index in [-0.39, 0.29) is 6.04 Å². The van der Waals surface area contributed by atoms with Crippen LogP contribution in [0.1, 0.15) is 25.5 Å². The van der Waals surface area contributed by atoms with Crippen LogP contribution in [0.2, 0.25) is 10.0 Å². The first-order valence-corrected chi connectivity index (χ1v) is 8.22. The summed E-state index contributed by atoms with van der Waals surface area (Å²) in [6.07, 6.45) is 0. The van der Waals surface area contributed by atoms with Gasteiger partial charge in [-0.25, -0.2) is 0 Å². The van der Waals surface area contributed by atoms with Crippen molar-refractivity contribution in [1.29, 1.82) is 0 Å². The van der Waals surface area contributed by atoms with Gasteiger partial charge in [-0.05, 0) is 49.4 Å². The molecule has 2 nitrogen and oxygen atoms in total. The number of hydrogen-bond acceptors (Lipinski definition) is 2. The van der Waals surface area contributed by atoms with Gasteiger partial charge in [-0.15, -0.1) is 0 Å². The van der Waals surface area contributed by atoms with Gasteiger partial charge in [0.15, 0.2) is 0 Å². The van der Waals surface area contributed by atoms with Crippen LogP contribution in [0.5, 0.6) is 11.5 Å². The normalized spacial score (nSPS) is 12.2. The summed E-state index contributed by atoms with van der Waals surface area (Å²) in [5.41, 5.74) is 1.12. The second-order valence-electron chi connectivity index (χ2n) is 4.65. The smallest absolute Gasteiger partial charge is 0.147 e. The largest absolute Gasteiger partial charge is 0.454 e. The molecule has 2 aromatic carbocycles. The Labute approximate surface area is 143 Å². The first-order valence-electron chi connectivity index (χ1n) is 6.67. The van der Waals surface area contributed by atoms with Crippen LogP contribution >= 0.6 is 39.1 Å². The Bertz CT molecular complexity index is 634. The van der Waals surface area contributed by atoms with E-state index in [9.17, 15) is 0 Å². The Morgan fingerprint density at radius 1 is 1.10 bits per heavy atom. The molecule has 0 saturated heterocycles. The molecule has 0 radical (unpaired) electrons. The molecule has 0 aliphatic carbocycles. The van der Waals surface area contributed by atoms with Crippen molar-refractivity contribution in [3.8, 4) is 11.5 Å². The maximum Gasteiger partial charge on any atom is 0.147 e. The highest BCUT2D eigenvalue weighted by Gasteiger charge is 2.10. The number of rotatable bonds is 5. The van der Waals surface area contributed by atoms with Crippen LogP contribution in [0.25, 0.3) is 0 Å². The van der Waals surface area contributed by atoms with E-state index in [1.54, 1.807) is 6.07 Å². The molecule has 1 N–H and O–H groups in total. The summed E-state index contributed by atoms with van der Waals surface area (Å²) in [6, 6.07) is 11.5. The molecule has 0 aliphatic heterocycles. The van der Waals surface area contributed by atoms with Crippen molar-refractivity contribution in [2.75, 3.05) is 6.54 Å². The van der Waals surface area contributed by atoms with Crippen LogP contribution in [0, 0.1) is 0 Å². The van der Waals surface area contributed by atoms with E-state index in [1.165, 1.54) is 0 Å². The summed E-state index contributed by atoms with van der Waals surface area (Å²) in [7, 11) is 0. The first-order chi connectivity index (χ1) is 10.0. The zero-order valence-corrected chi connectivity index (χ0v) is 14.9. The molecule has 1 atom stereocenters. The molecule has 0 saturated carbocycles. The van der Waals surface area contributed by atoms with Gasteiger partial charge < -0.3 is 10.1 Å². The maximum absolute atomic E-state index is 6.31. The highest BCUT2D eigenvalue weighted by atomic mass is 79.9. The minimum atomic E-state index is 0.246. The monoisotopic (exact) mass is 387 g/mol. The van der Waals surface area contributed by atoms with E-state index in [0.29, 0.717) is 21.5 Å². The Kier molecular flexibility index (Phi) is 5.94. The average molecular weight is 389 g/mol. The third kappa shape index (κ3) is 4.36. The molecule has 2 aromatic rings. The van der Waals surface area contributed by atoms with Gasteiger partial charge in [-0.2, -0.15) is 0 Å². The highest BCUT2D eigenvalue weighted by molar-refractivity contribution is 9.10. The zero-order chi connectivity index (χ0) is 15.4. The number of benzene rings is 2. The fourth-order valence-electron chi connectivity index (χ4n) is 1.97. The van der Waals surface area contributed by atoms with E-state index < -0.39 is 0 Å². The van der Waals surface area contributed by atoms with Gasteiger partial charge in [0.1, 0.15) is 11.5 Å². The van der Waals surface area contributed by atoms with Crippen molar-refractivity contribution < 1.29 is 4.74 Å². The van der Waals surface area contributed by atoms with Crippen LogP contribution in [0.3, 0.4) is 0 Å². The number of hydrogen-bond donors (Lipinski definition) is 1. The van der Waals surface area contributed by atoms with Gasteiger partial charge in [0.05, 0.1) is 10.0 Å². The lowest BCUT2D eigenvalue weighted by Crippen LogP contribution is -2.17. The Hall–Kier alpha value is -0.740. The average Bonchev–Trinajstić information content (AvgIpc) is 2.45.